The highest BCUT2D eigenvalue weighted by Gasteiger charge is 2.28. The van der Waals surface area contributed by atoms with Crippen LogP contribution in [0.15, 0.2) is 18.2 Å². The van der Waals surface area contributed by atoms with E-state index in [2.05, 4.69) is 17.9 Å². The first-order chi connectivity index (χ1) is 10.2. The quantitative estimate of drug-likeness (QED) is 0.906. The number of halogens is 1. The van der Waals surface area contributed by atoms with Gasteiger partial charge in [-0.2, -0.15) is 5.26 Å². The third-order valence-electron chi connectivity index (χ3n) is 4.61. The molecule has 1 aliphatic rings. The smallest absolute Gasteiger partial charge is 0.124 e. The lowest BCUT2D eigenvalue weighted by atomic mass is 9.83. The lowest BCUT2D eigenvalue weighted by Crippen LogP contribution is -2.44. The molecule has 21 heavy (non-hydrogen) atoms. The van der Waals surface area contributed by atoms with Crippen molar-refractivity contribution >= 4 is 0 Å². The Labute approximate surface area is 126 Å². The summed E-state index contributed by atoms with van der Waals surface area (Å²) in [6.07, 6.45) is 4.85. The van der Waals surface area contributed by atoms with E-state index < -0.39 is 0 Å². The third kappa shape index (κ3) is 3.81. The van der Waals surface area contributed by atoms with Crippen LogP contribution in [0.5, 0.6) is 0 Å². The molecule has 1 aromatic carbocycles. The number of nitrogens with two attached hydrogens (primary N) is 1. The molecule has 1 aromatic rings. The fourth-order valence-corrected chi connectivity index (χ4v) is 3.42. The van der Waals surface area contributed by atoms with Gasteiger partial charge in [0.25, 0.3) is 0 Å². The van der Waals surface area contributed by atoms with E-state index in [0.717, 1.165) is 18.7 Å². The van der Waals surface area contributed by atoms with Crippen molar-refractivity contribution in [3.8, 4) is 6.07 Å². The summed E-state index contributed by atoms with van der Waals surface area (Å²) < 4.78 is 13.2. The second-order valence-electron chi connectivity index (χ2n) is 5.82. The fraction of sp³-hybridized carbons (Fsp3) is 0.588. The minimum absolute atomic E-state index is 0.351. The lowest BCUT2D eigenvalue weighted by molar-refractivity contribution is 0.105. The number of hydrogen-bond acceptors (Lipinski definition) is 3. The molecule has 1 fully saturated rings. The van der Waals surface area contributed by atoms with Crippen LogP contribution in [0.3, 0.4) is 0 Å². The van der Waals surface area contributed by atoms with Crippen LogP contribution in [0.25, 0.3) is 0 Å². The van der Waals surface area contributed by atoms with Gasteiger partial charge in [0.05, 0.1) is 11.6 Å². The topological polar surface area (TPSA) is 53.0 Å². The first-order valence-electron chi connectivity index (χ1n) is 7.82. The van der Waals surface area contributed by atoms with Crippen LogP contribution in [0.1, 0.15) is 43.7 Å². The summed E-state index contributed by atoms with van der Waals surface area (Å²) in [5.41, 5.74) is 7.27. The molecule has 0 aromatic heterocycles. The monoisotopic (exact) mass is 289 g/mol. The van der Waals surface area contributed by atoms with Gasteiger partial charge in [-0.3, -0.25) is 4.90 Å². The SMILES string of the molecule is CCN(Cc1ccc(F)cc1C#N)C1CCCCC1CN. The normalized spacial score (nSPS) is 22.2. The van der Waals surface area contributed by atoms with Crippen molar-refractivity contribution in [1.29, 1.82) is 5.26 Å². The maximum atomic E-state index is 13.2. The Balaban J connectivity index is 2.17. The second kappa shape index (κ2) is 7.53. The Hall–Kier alpha value is -1.44. The molecule has 1 saturated carbocycles. The van der Waals surface area contributed by atoms with Crippen LogP contribution in [0.2, 0.25) is 0 Å². The first-order valence-corrected chi connectivity index (χ1v) is 7.82. The maximum absolute atomic E-state index is 13.2. The second-order valence-corrected chi connectivity index (χ2v) is 5.82. The van der Waals surface area contributed by atoms with E-state index in [-0.39, 0.29) is 5.82 Å². The van der Waals surface area contributed by atoms with Crippen LogP contribution < -0.4 is 5.73 Å². The van der Waals surface area contributed by atoms with Crippen molar-refractivity contribution < 1.29 is 4.39 Å². The fourth-order valence-electron chi connectivity index (χ4n) is 3.42. The van der Waals surface area contributed by atoms with Gasteiger partial charge in [0.15, 0.2) is 0 Å². The van der Waals surface area contributed by atoms with Gasteiger partial charge in [0, 0.05) is 12.6 Å². The van der Waals surface area contributed by atoms with Gasteiger partial charge < -0.3 is 5.73 Å². The van der Waals surface area contributed by atoms with E-state index in [1.54, 1.807) is 6.07 Å². The average molecular weight is 289 g/mol. The van der Waals surface area contributed by atoms with Crippen molar-refractivity contribution in [2.24, 2.45) is 11.7 Å². The highest BCUT2D eigenvalue weighted by molar-refractivity contribution is 5.37. The summed E-state index contributed by atoms with van der Waals surface area (Å²) in [6, 6.07) is 7.07. The Morgan fingerprint density at radius 1 is 1.38 bits per heavy atom. The summed E-state index contributed by atoms with van der Waals surface area (Å²) in [5, 5.41) is 9.18. The zero-order valence-electron chi connectivity index (χ0n) is 12.7. The number of nitrogens with zero attached hydrogens (tertiary/aromatic N) is 2. The average Bonchev–Trinajstić information content (AvgIpc) is 2.53. The number of hydrogen-bond donors (Lipinski definition) is 1. The highest BCUT2D eigenvalue weighted by atomic mass is 19.1. The minimum Gasteiger partial charge on any atom is -0.330 e. The summed E-state index contributed by atoms with van der Waals surface area (Å²) in [6.45, 7) is 4.47. The molecule has 2 rings (SSSR count). The van der Waals surface area contributed by atoms with Gasteiger partial charge in [-0.25, -0.2) is 4.39 Å². The Bertz CT molecular complexity index is 509. The molecule has 2 unspecified atom stereocenters. The molecular formula is C17H24FN3. The zero-order chi connectivity index (χ0) is 15.2. The Morgan fingerprint density at radius 2 is 2.14 bits per heavy atom. The molecule has 114 valence electrons. The van der Waals surface area contributed by atoms with Crippen molar-refractivity contribution in [2.45, 2.75) is 45.2 Å². The standard InChI is InChI=1S/C17H24FN3/c1-2-21(17-6-4-3-5-13(17)10-19)12-14-7-8-16(18)9-15(14)11-20/h7-9,13,17H,2-6,10,12,19H2,1H3. The summed E-state index contributed by atoms with van der Waals surface area (Å²) >= 11 is 0. The molecule has 1 aliphatic carbocycles. The molecule has 0 heterocycles. The van der Waals surface area contributed by atoms with Gasteiger partial charge in [-0.15, -0.1) is 0 Å². The first kappa shape index (κ1) is 15.9. The molecule has 2 N–H and O–H groups in total. The molecular weight excluding hydrogens is 265 g/mol. The molecule has 4 heteroatoms. The van der Waals surface area contributed by atoms with E-state index in [1.165, 1.54) is 37.8 Å². The molecule has 0 saturated heterocycles. The molecule has 0 spiro atoms. The lowest BCUT2D eigenvalue weighted by Gasteiger charge is -2.39. The van der Waals surface area contributed by atoms with Gasteiger partial charge >= 0.3 is 0 Å². The molecule has 0 bridgehead atoms. The van der Waals surface area contributed by atoms with E-state index in [4.69, 9.17) is 5.73 Å². The maximum Gasteiger partial charge on any atom is 0.124 e. The molecule has 0 aliphatic heterocycles. The number of nitriles is 1. The van der Waals surface area contributed by atoms with Crippen LogP contribution in [0.4, 0.5) is 4.39 Å². The largest absolute Gasteiger partial charge is 0.330 e. The Morgan fingerprint density at radius 3 is 2.81 bits per heavy atom. The predicted octanol–water partition coefficient (Wildman–Crippen LogP) is 3.04. The number of benzene rings is 1. The van der Waals surface area contributed by atoms with E-state index in [0.29, 0.717) is 24.1 Å². The van der Waals surface area contributed by atoms with Crippen LogP contribution >= 0.6 is 0 Å². The van der Waals surface area contributed by atoms with Crippen LogP contribution in [0, 0.1) is 23.1 Å². The predicted molar refractivity (Wildman–Crippen MR) is 82.0 cm³/mol. The molecule has 3 nitrogen and oxygen atoms in total. The summed E-state index contributed by atoms with van der Waals surface area (Å²) in [4.78, 5) is 2.39. The van der Waals surface area contributed by atoms with E-state index >= 15 is 0 Å². The molecule has 0 radical (unpaired) electrons. The van der Waals surface area contributed by atoms with Crippen molar-refractivity contribution in [3.63, 3.8) is 0 Å². The number of rotatable bonds is 5. The van der Waals surface area contributed by atoms with Crippen molar-refractivity contribution in [2.75, 3.05) is 13.1 Å². The van der Waals surface area contributed by atoms with Gasteiger partial charge in [-0.05, 0) is 49.5 Å². The van der Waals surface area contributed by atoms with Crippen LogP contribution in [-0.4, -0.2) is 24.0 Å². The van der Waals surface area contributed by atoms with E-state index in [1.807, 2.05) is 0 Å². The van der Waals surface area contributed by atoms with Crippen LogP contribution in [-0.2, 0) is 6.54 Å². The summed E-state index contributed by atoms with van der Waals surface area (Å²) in [7, 11) is 0. The van der Waals surface area contributed by atoms with Gasteiger partial charge in [0.1, 0.15) is 5.82 Å². The van der Waals surface area contributed by atoms with Gasteiger partial charge in [0.2, 0.25) is 0 Å². The molecule has 0 amide bonds. The third-order valence-corrected chi connectivity index (χ3v) is 4.61. The Kier molecular flexibility index (Phi) is 5.72. The minimum atomic E-state index is -0.351. The van der Waals surface area contributed by atoms with E-state index in [9.17, 15) is 9.65 Å². The highest BCUT2D eigenvalue weighted by Crippen LogP contribution is 2.29. The molecule has 2 atom stereocenters. The zero-order valence-corrected chi connectivity index (χ0v) is 12.7. The van der Waals surface area contributed by atoms with Crippen molar-refractivity contribution in [3.05, 3.63) is 35.1 Å². The summed E-state index contributed by atoms with van der Waals surface area (Å²) in [5.74, 6) is 0.181. The van der Waals surface area contributed by atoms with Gasteiger partial charge in [-0.1, -0.05) is 25.8 Å². The van der Waals surface area contributed by atoms with Crippen molar-refractivity contribution in [1.82, 2.24) is 4.90 Å².